The molecule has 0 bridgehead atoms. The number of carbonyl (C=O) groups is 4. The molecule has 1 rings (SSSR count). The van der Waals surface area contributed by atoms with Crippen molar-refractivity contribution < 1.29 is 28.8 Å². The number of anilines is 1. The molecular formula is C20H29N7O7. The Labute approximate surface area is 195 Å². The summed E-state index contributed by atoms with van der Waals surface area (Å²) < 4.78 is 4.41. The van der Waals surface area contributed by atoms with Crippen LogP contribution in [0.3, 0.4) is 0 Å². The highest BCUT2D eigenvalue weighted by Crippen LogP contribution is 2.17. The number of ether oxygens (including phenoxy) is 1. The molecule has 186 valence electrons. The number of nitrogens with one attached hydrogen (secondary N) is 3. The molecule has 0 fully saturated rings. The number of esters is 1. The van der Waals surface area contributed by atoms with Crippen LogP contribution in [0.15, 0.2) is 29.3 Å². The van der Waals surface area contributed by atoms with Gasteiger partial charge in [-0.3, -0.25) is 39.6 Å². The number of benzene rings is 1. The highest BCUT2D eigenvalue weighted by molar-refractivity contribution is 6.04. The van der Waals surface area contributed by atoms with E-state index in [2.05, 4.69) is 25.7 Å². The zero-order valence-electron chi connectivity index (χ0n) is 19.1. The first kappa shape index (κ1) is 27.8. The number of methoxy groups -OCH3 is 1. The van der Waals surface area contributed by atoms with Crippen molar-refractivity contribution in [3.05, 3.63) is 34.4 Å². The first-order valence-corrected chi connectivity index (χ1v) is 10.1. The summed E-state index contributed by atoms with van der Waals surface area (Å²) in [6.45, 7) is 2.96. The average molecular weight is 479 g/mol. The van der Waals surface area contributed by atoms with Crippen LogP contribution in [0.1, 0.15) is 33.1 Å². The van der Waals surface area contributed by atoms with E-state index in [9.17, 15) is 29.3 Å². The van der Waals surface area contributed by atoms with Gasteiger partial charge in [0.1, 0.15) is 18.0 Å². The maximum Gasteiger partial charge on any atom is 0.315 e. The Morgan fingerprint density at radius 1 is 1.18 bits per heavy atom. The summed E-state index contributed by atoms with van der Waals surface area (Å²) >= 11 is 0. The third-order valence-electron chi connectivity index (χ3n) is 4.47. The zero-order valence-corrected chi connectivity index (χ0v) is 19.1. The van der Waals surface area contributed by atoms with Crippen molar-refractivity contribution in [2.45, 2.75) is 44.7 Å². The van der Waals surface area contributed by atoms with Crippen molar-refractivity contribution in [3.8, 4) is 0 Å². The number of carbonyl (C=O) groups excluding carboxylic acids is 4. The molecule has 14 heteroatoms. The smallest absolute Gasteiger partial charge is 0.315 e. The maximum atomic E-state index is 12.8. The molecule has 1 aromatic carbocycles. The van der Waals surface area contributed by atoms with Crippen LogP contribution in [-0.2, 0) is 23.9 Å². The van der Waals surface area contributed by atoms with Gasteiger partial charge in [-0.2, -0.15) is 0 Å². The van der Waals surface area contributed by atoms with E-state index in [4.69, 9.17) is 11.5 Å². The molecule has 0 radical (unpaired) electrons. The van der Waals surface area contributed by atoms with Gasteiger partial charge in [0.05, 0.1) is 12.0 Å². The van der Waals surface area contributed by atoms with Gasteiger partial charge in [0.15, 0.2) is 5.96 Å². The standard InChI is InChI=1S/C20H29N7O7/c1-20(2,26-15(28)11-16(29)34-3)18(31)25-17(30)14(5-4-10-23-19(21)22)24-12-6-8-13(9-7-12)27(32)33/h6-9,14,24H,4-5,10-11H2,1-3H3,(H,26,28)(H4,21,22,23)(H,25,30,31)/t14-/m0/s1. The molecule has 0 spiro atoms. The van der Waals surface area contributed by atoms with Gasteiger partial charge in [0, 0.05) is 24.4 Å². The molecule has 0 aliphatic heterocycles. The van der Waals surface area contributed by atoms with E-state index < -0.39 is 46.6 Å². The van der Waals surface area contributed by atoms with Crippen LogP contribution < -0.4 is 27.4 Å². The van der Waals surface area contributed by atoms with Crippen molar-refractivity contribution >= 4 is 41.0 Å². The number of hydrogen-bond donors (Lipinski definition) is 5. The minimum absolute atomic E-state index is 0.107. The SMILES string of the molecule is COC(=O)CC(=O)NC(C)(C)C(=O)NC(=O)[C@H](CCCN=C(N)N)Nc1ccc([N+](=O)[O-])cc1. The molecule has 3 amide bonds. The van der Waals surface area contributed by atoms with Gasteiger partial charge in [-0.05, 0) is 38.8 Å². The van der Waals surface area contributed by atoms with E-state index in [0.29, 0.717) is 12.1 Å². The molecule has 0 aromatic heterocycles. The third-order valence-corrected chi connectivity index (χ3v) is 4.47. The van der Waals surface area contributed by atoms with Crippen molar-refractivity contribution in [2.24, 2.45) is 16.5 Å². The highest BCUT2D eigenvalue weighted by atomic mass is 16.6. The Balaban J connectivity index is 2.90. The van der Waals surface area contributed by atoms with Gasteiger partial charge in [0.25, 0.3) is 11.6 Å². The maximum absolute atomic E-state index is 12.8. The number of guanidine groups is 1. The summed E-state index contributed by atoms with van der Waals surface area (Å²) in [5.41, 5.74) is 9.35. The molecule has 34 heavy (non-hydrogen) atoms. The summed E-state index contributed by atoms with van der Waals surface area (Å²) in [5.74, 6) is -3.15. The van der Waals surface area contributed by atoms with Crippen LogP contribution in [0.4, 0.5) is 11.4 Å². The molecule has 0 aliphatic rings. The van der Waals surface area contributed by atoms with Gasteiger partial charge in [-0.25, -0.2) is 0 Å². The number of nitrogens with zero attached hydrogens (tertiary/aromatic N) is 2. The molecule has 14 nitrogen and oxygen atoms in total. The molecule has 1 atom stereocenters. The first-order valence-electron chi connectivity index (χ1n) is 10.1. The molecule has 0 saturated carbocycles. The van der Waals surface area contributed by atoms with Crippen LogP contribution >= 0.6 is 0 Å². The molecule has 0 saturated heterocycles. The lowest BCUT2D eigenvalue weighted by Gasteiger charge is -2.26. The van der Waals surface area contributed by atoms with E-state index in [0.717, 1.165) is 7.11 Å². The molecule has 0 aliphatic carbocycles. The fourth-order valence-electron chi connectivity index (χ4n) is 2.66. The Morgan fingerprint density at radius 2 is 1.79 bits per heavy atom. The fraction of sp³-hybridized carbons (Fsp3) is 0.450. The topological polar surface area (TPSA) is 221 Å². The Morgan fingerprint density at radius 3 is 2.32 bits per heavy atom. The highest BCUT2D eigenvalue weighted by Gasteiger charge is 2.33. The number of nitro benzene ring substituents is 1. The van der Waals surface area contributed by atoms with E-state index in [1.807, 2.05) is 0 Å². The van der Waals surface area contributed by atoms with Crippen LogP contribution in [0.25, 0.3) is 0 Å². The number of rotatable bonds is 12. The van der Waals surface area contributed by atoms with E-state index in [1.165, 1.54) is 38.1 Å². The predicted octanol–water partition coefficient (Wildman–Crippen LogP) is -0.470. The van der Waals surface area contributed by atoms with Gasteiger partial charge < -0.3 is 26.8 Å². The minimum Gasteiger partial charge on any atom is -0.469 e. The Kier molecular flexibility index (Phi) is 10.4. The number of aliphatic imine (C=N–C) groups is 1. The summed E-state index contributed by atoms with van der Waals surface area (Å²) in [4.78, 5) is 62.8. The van der Waals surface area contributed by atoms with Gasteiger partial charge in [0.2, 0.25) is 11.8 Å². The Bertz CT molecular complexity index is 941. The van der Waals surface area contributed by atoms with E-state index >= 15 is 0 Å². The largest absolute Gasteiger partial charge is 0.469 e. The van der Waals surface area contributed by atoms with E-state index in [1.54, 1.807) is 0 Å². The number of nitrogens with two attached hydrogens (primary N) is 2. The normalized spacial score (nSPS) is 11.5. The number of non-ortho nitro benzene ring substituents is 1. The second-order valence-corrected chi connectivity index (χ2v) is 7.69. The second-order valence-electron chi connectivity index (χ2n) is 7.69. The summed E-state index contributed by atoms with van der Waals surface area (Å²) in [7, 11) is 1.12. The number of hydrogen-bond acceptors (Lipinski definition) is 9. The lowest BCUT2D eigenvalue weighted by Crippen LogP contribution is -2.57. The summed E-state index contributed by atoms with van der Waals surface area (Å²) in [5, 5.41) is 18.3. The first-order chi connectivity index (χ1) is 15.9. The summed E-state index contributed by atoms with van der Waals surface area (Å²) in [6.07, 6.45) is 0.00168. The quantitative estimate of drug-likeness (QED) is 0.0493. The minimum atomic E-state index is -1.52. The van der Waals surface area contributed by atoms with Gasteiger partial charge in [-0.15, -0.1) is 0 Å². The molecule has 1 aromatic rings. The fourth-order valence-corrected chi connectivity index (χ4v) is 2.66. The molecule has 0 heterocycles. The van der Waals surface area contributed by atoms with Crippen LogP contribution in [0, 0.1) is 10.1 Å². The molecular weight excluding hydrogens is 450 g/mol. The van der Waals surface area contributed by atoms with Crippen molar-refractivity contribution in [1.82, 2.24) is 10.6 Å². The summed E-state index contributed by atoms with van der Waals surface area (Å²) in [6, 6.07) is 4.45. The Hall–Kier alpha value is -4.23. The number of amides is 3. The van der Waals surface area contributed by atoms with Crippen molar-refractivity contribution in [3.63, 3.8) is 0 Å². The van der Waals surface area contributed by atoms with Gasteiger partial charge >= 0.3 is 5.97 Å². The average Bonchev–Trinajstić information content (AvgIpc) is 2.75. The number of imide groups is 1. The van der Waals surface area contributed by atoms with E-state index in [-0.39, 0.29) is 24.6 Å². The second kappa shape index (κ2) is 12.7. The lowest BCUT2D eigenvalue weighted by molar-refractivity contribution is -0.384. The molecule has 7 N–H and O–H groups in total. The van der Waals surface area contributed by atoms with Crippen LogP contribution in [0.2, 0.25) is 0 Å². The molecule has 0 unspecified atom stereocenters. The number of nitro groups is 1. The monoisotopic (exact) mass is 479 g/mol. The van der Waals surface area contributed by atoms with Crippen LogP contribution in [0.5, 0.6) is 0 Å². The zero-order chi connectivity index (χ0) is 25.9. The third kappa shape index (κ3) is 9.50. The van der Waals surface area contributed by atoms with Crippen LogP contribution in [-0.4, -0.2) is 59.8 Å². The van der Waals surface area contributed by atoms with Gasteiger partial charge in [-0.1, -0.05) is 0 Å². The van der Waals surface area contributed by atoms with Crippen molar-refractivity contribution in [1.29, 1.82) is 0 Å². The van der Waals surface area contributed by atoms with Crippen molar-refractivity contribution in [2.75, 3.05) is 19.0 Å². The lowest BCUT2D eigenvalue weighted by atomic mass is 10.0. The predicted molar refractivity (Wildman–Crippen MR) is 122 cm³/mol.